The molecule has 0 aliphatic carbocycles. The van der Waals surface area contributed by atoms with Crippen molar-refractivity contribution in [3.63, 3.8) is 0 Å². The minimum Gasteiger partial charge on any atom is -0.870 e. The van der Waals surface area contributed by atoms with Gasteiger partial charge in [-0.05, 0) is 38.5 Å². The highest BCUT2D eigenvalue weighted by atomic mass is 16.0. The molecule has 0 spiro atoms. The molecule has 0 aromatic rings. The zero-order chi connectivity index (χ0) is 19.4. The first-order chi connectivity index (χ1) is 12.0. The zero-order valence-corrected chi connectivity index (χ0v) is 19.8. The number of hydrogen-bond acceptors (Lipinski definition) is 1. The standard InChI is InChI=1S/C24H52N.H2O/c1-9-17-20-25(21-18-10-2,22-19-11-3)24(15-7,16-8)23(12-4,13-5)14-6;/h9-22H2,1-8H3;1H2/q+1;/p-1. The Hall–Kier alpha value is -0.0800. The minimum absolute atomic E-state index is 0. The average molecular weight is 372 g/mol. The summed E-state index contributed by atoms with van der Waals surface area (Å²) >= 11 is 0. The predicted molar refractivity (Wildman–Crippen MR) is 118 cm³/mol. The van der Waals surface area contributed by atoms with Crippen LogP contribution in [0.1, 0.15) is 126 Å². The average Bonchev–Trinajstić information content (AvgIpc) is 2.66. The van der Waals surface area contributed by atoms with Crippen molar-refractivity contribution in [2.45, 2.75) is 132 Å². The molecule has 0 aromatic heterocycles. The van der Waals surface area contributed by atoms with Crippen LogP contribution in [0.3, 0.4) is 0 Å². The first-order valence-electron chi connectivity index (χ1n) is 11.8. The van der Waals surface area contributed by atoms with Crippen molar-refractivity contribution < 1.29 is 9.96 Å². The van der Waals surface area contributed by atoms with Gasteiger partial charge < -0.3 is 9.96 Å². The second-order valence-electron chi connectivity index (χ2n) is 8.46. The first kappa shape index (κ1) is 28.1. The SMILES string of the molecule is CCCC[N+](CCCC)(CCCC)C(CC)(CC)C(CC)(CC)CC.[OH-]. The van der Waals surface area contributed by atoms with E-state index < -0.39 is 0 Å². The molecule has 0 atom stereocenters. The second kappa shape index (κ2) is 14.0. The van der Waals surface area contributed by atoms with Crippen LogP contribution in [0.25, 0.3) is 0 Å². The van der Waals surface area contributed by atoms with Gasteiger partial charge >= 0.3 is 0 Å². The number of unbranched alkanes of at least 4 members (excludes halogenated alkanes) is 3. The van der Waals surface area contributed by atoms with Crippen molar-refractivity contribution in [3.8, 4) is 0 Å². The summed E-state index contributed by atoms with van der Waals surface area (Å²) in [5.74, 6) is 0. The summed E-state index contributed by atoms with van der Waals surface area (Å²) in [6.45, 7) is 23.8. The van der Waals surface area contributed by atoms with Gasteiger partial charge in [-0.2, -0.15) is 0 Å². The highest BCUT2D eigenvalue weighted by molar-refractivity contribution is 4.98. The topological polar surface area (TPSA) is 30.0 Å². The van der Waals surface area contributed by atoms with Crippen LogP contribution in [0.5, 0.6) is 0 Å². The fourth-order valence-corrected chi connectivity index (χ4v) is 6.27. The molecule has 2 nitrogen and oxygen atoms in total. The molecule has 2 heteroatoms. The van der Waals surface area contributed by atoms with Crippen LogP contribution in [0, 0.1) is 5.41 Å². The molecule has 0 aromatic carbocycles. The monoisotopic (exact) mass is 371 g/mol. The van der Waals surface area contributed by atoms with E-state index in [1.54, 1.807) is 0 Å². The minimum atomic E-state index is 0. The van der Waals surface area contributed by atoms with Crippen LogP contribution in [0.15, 0.2) is 0 Å². The van der Waals surface area contributed by atoms with Crippen LogP contribution < -0.4 is 0 Å². The smallest absolute Gasteiger partial charge is 0.104 e. The zero-order valence-electron chi connectivity index (χ0n) is 19.8. The summed E-state index contributed by atoms with van der Waals surface area (Å²) in [5.41, 5.74) is 0.941. The van der Waals surface area contributed by atoms with Crippen LogP contribution in [-0.2, 0) is 0 Å². The van der Waals surface area contributed by atoms with E-state index in [0.717, 1.165) is 0 Å². The summed E-state index contributed by atoms with van der Waals surface area (Å²) in [5, 5.41) is 0. The molecule has 160 valence electrons. The Balaban J connectivity index is 0. The van der Waals surface area contributed by atoms with Gasteiger partial charge in [-0.25, -0.2) is 0 Å². The summed E-state index contributed by atoms with van der Waals surface area (Å²) in [7, 11) is 0. The second-order valence-corrected chi connectivity index (χ2v) is 8.46. The molecule has 0 amide bonds. The van der Waals surface area contributed by atoms with Gasteiger partial charge in [-0.1, -0.05) is 74.7 Å². The summed E-state index contributed by atoms with van der Waals surface area (Å²) in [6.07, 6.45) is 14.9. The van der Waals surface area contributed by atoms with Gasteiger partial charge in [0.05, 0.1) is 19.6 Å². The van der Waals surface area contributed by atoms with E-state index >= 15 is 0 Å². The number of quaternary nitrogens is 1. The van der Waals surface area contributed by atoms with Crippen LogP contribution in [0.2, 0.25) is 0 Å². The van der Waals surface area contributed by atoms with Crippen LogP contribution >= 0.6 is 0 Å². The molecule has 0 aliphatic rings. The fourth-order valence-electron chi connectivity index (χ4n) is 6.27. The van der Waals surface area contributed by atoms with Crippen LogP contribution in [-0.4, -0.2) is 35.1 Å². The third-order valence-corrected chi connectivity index (χ3v) is 7.91. The van der Waals surface area contributed by atoms with E-state index in [2.05, 4.69) is 55.4 Å². The Bertz CT molecular complexity index is 288. The number of nitrogens with zero attached hydrogens (tertiary/aromatic N) is 1. The van der Waals surface area contributed by atoms with E-state index in [-0.39, 0.29) is 5.48 Å². The van der Waals surface area contributed by atoms with Crippen LogP contribution in [0.4, 0.5) is 0 Å². The molecule has 0 saturated heterocycles. The van der Waals surface area contributed by atoms with Gasteiger partial charge in [0.25, 0.3) is 0 Å². The molecule has 0 fully saturated rings. The molecule has 0 bridgehead atoms. The molecular formula is C24H53NO. The van der Waals surface area contributed by atoms with E-state index in [9.17, 15) is 0 Å². The lowest BCUT2D eigenvalue weighted by Crippen LogP contribution is -2.71. The highest BCUT2D eigenvalue weighted by Crippen LogP contribution is 2.53. The van der Waals surface area contributed by atoms with E-state index in [1.807, 2.05) is 0 Å². The Morgan fingerprint density at radius 1 is 0.500 bits per heavy atom. The molecular weight excluding hydrogens is 318 g/mol. The number of rotatable bonds is 16. The van der Waals surface area contributed by atoms with Gasteiger partial charge in [0.1, 0.15) is 5.54 Å². The maximum Gasteiger partial charge on any atom is 0.104 e. The Kier molecular flexibility index (Phi) is 15.1. The molecule has 0 unspecified atom stereocenters. The first-order valence-corrected chi connectivity index (χ1v) is 11.8. The lowest BCUT2D eigenvalue weighted by Gasteiger charge is -2.62. The van der Waals surface area contributed by atoms with Crippen molar-refractivity contribution >= 4 is 0 Å². The Morgan fingerprint density at radius 3 is 1.00 bits per heavy atom. The van der Waals surface area contributed by atoms with Crippen molar-refractivity contribution in [3.05, 3.63) is 0 Å². The summed E-state index contributed by atoms with van der Waals surface area (Å²) < 4.78 is 1.41. The lowest BCUT2D eigenvalue weighted by atomic mass is 9.59. The largest absolute Gasteiger partial charge is 0.870 e. The maximum atomic E-state index is 2.51. The highest BCUT2D eigenvalue weighted by Gasteiger charge is 2.58. The van der Waals surface area contributed by atoms with Gasteiger partial charge in [0.2, 0.25) is 0 Å². The Labute approximate surface area is 167 Å². The van der Waals surface area contributed by atoms with Crippen molar-refractivity contribution in [1.29, 1.82) is 0 Å². The molecule has 0 aliphatic heterocycles. The third-order valence-electron chi connectivity index (χ3n) is 7.91. The molecule has 0 heterocycles. The molecule has 26 heavy (non-hydrogen) atoms. The van der Waals surface area contributed by atoms with Gasteiger partial charge in [0, 0.05) is 18.3 Å². The molecule has 0 radical (unpaired) electrons. The molecule has 0 saturated carbocycles. The van der Waals surface area contributed by atoms with E-state index in [1.165, 1.54) is 94.7 Å². The van der Waals surface area contributed by atoms with Crippen molar-refractivity contribution in [2.24, 2.45) is 5.41 Å². The maximum absolute atomic E-state index is 2.51. The third kappa shape index (κ3) is 5.47. The summed E-state index contributed by atoms with van der Waals surface area (Å²) in [6, 6.07) is 0. The van der Waals surface area contributed by atoms with Gasteiger partial charge in [-0.15, -0.1) is 0 Å². The van der Waals surface area contributed by atoms with E-state index in [4.69, 9.17) is 0 Å². The Morgan fingerprint density at radius 2 is 0.808 bits per heavy atom. The molecule has 0 rings (SSSR count). The quantitative estimate of drug-likeness (QED) is 0.254. The number of hydrogen-bond donors (Lipinski definition) is 0. The molecule has 1 N–H and O–H groups in total. The van der Waals surface area contributed by atoms with Crippen molar-refractivity contribution in [2.75, 3.05) is 19.6 Å². The predicted octanol–water partition coefficient (Wildman–Crippen LogP) is 7.80. The van der Waals surface area contributed by atoms with Crippen molar-refractivity contribution in [1.82, 2.24) is 0 Å². The van der Waals surface area contributed by atoms with Gasteiger partial charge in [-0.3, -0.25) is 0 Å². The normalized spacial score (nSPS) is 12.9. The van der Waals surface area contributed by atoms with E-state index in [0.29, 0.717) is 11.0 Å². The lowest BCUT2D eigenvalue weighted by molar-refractivity contribution is -0.986. The fraction of sp³-hybridized carbons (Fsp3) is 1.00. The summed E-state index contributed by atoms with van der Waals surface area (Å²) in [4.78, 5) is 0. The van der Waals surface area contributed by atoms with Gasteiger partial charge in [0.15, 0.2) is 0 Å².